The van der Waals surface area contributed by atoms with Crippen molar-refractivity contribution in [2.45, 2.75) is 6.92 Å². The summed E-state index contributed by atoms with van der Waals surface area (Å²) in [5, 5.41) is 3.11. The van der Waals surface area contributed by atoms with Gasteiger partial charge in [0, 0.05) is 16.0 Å². The molecule has 27 heavy (non-hydrogen) atoms. The minimum absolute atomic E-state index is 0.208. The van der Waals surface area contributed by atoms with Gasteiger partial charge < -0.3 is 10.5 Å². The minimum Gasteiger partial charge on any atom is -0.484 e. The molecule has 0 fully saturated rings. The first-order valence-electron chi connectivity index (χ1n) is 7.98. The molecule has 138 valence electrons. The van der Waals surface area contributed by atoms with E-state index in [2.05, 4.69) is 10.3 Å². The summed E-state index contributed by atoms with van der Waals surface area (Å²) in [5.41, 5.74) is 6.99. The predicted octanol–water partition coefficient (Wildman–Crippen LogP) is 3.37. The van der Waals surface area contributed by atoms with Crippen molar-refractivity contribution in [2.24, 2.45) is 5.73 Å². The fourth-order valence-electron chi connectivity index (χ4n) is 2.35. The number of ether oxygens (including phenoxy) is 1. The van der Waals surface area contributed by atoms with Gasteiger partial charge in [0.2, 0.25) is 5.91 Å². The third kappa shape index (κ3) is 4.68. The molecule has 3 aromatic rings. The van der Waals surface area contributed by atoms with Crippen LogP contribution in [-0.4, -0.2) is 23.4 Å². The molecule has 0 radical (unpaired) electrons. The first kappa shape index (κ1) is 18.5. The second-order valence-electron chi connectivity index (χ2n) is 5.66. The summed E-state index contributed by atoms with van der Waals surface area (Å²) in [5.74, 6) is -0.776. The number of benzene rings is 2. The SMILES string of the molecule is Cc1sc(NC(=O)COc2ccc(C(N)=O)cc2)nc1-c1ccc(F)cc1. The molecule has 0 aliphatic rings. The lowest BCUT2D eigenvalue weighted by molar-refractivity contribution is -0.118. The highest BCUT2D eigenvalue weighted by atomic mass is 32.1. The molecule has 0 saturated carbocycles. The van der Waals surface area contributed by atoms with Gasteiger partial charge in [-0.1, -0.05) is 0 Å². The second kappa shape index (κ2) is 7.96. The van der Waals surface area contributed by atoms with Gasteiger partial charge in [0.05, 0.1) is 5.69 Å². The van der Waals surface area contributed by atoms with Crippen LogP contribution < -0.4 is 15.8 Å². The molecule has 0 atom stereocenters. The van der Waals surface area contributed by atoms with Crippen LogP contribution in [0.5, 0.6) is 5.75 Å². The highest BCUT2D eigenvalue weighted by Gasteiger charge is 2.13. The molecule has 6 nitrogen and oxygen atoms in total. The molecular weight excluding hydrogens is 369 g/mol. The van der Waals surface area contributed by atoms with E-state index in [0.717, 1.165) is 10.4 Å². The third-order valence-corrected chi connectivity index (χ3v) is 4.56. The summed E-state index contributed by atoms with van der Waals surface area (Å²) < 4.78 is 18.4. The Bertz CT molecular complexity index is 969. The van der Waals surface area contributed by atoms with Crippen LogP contribution >= 0.6 is 11.3 Å². The first-order valence-corrected chi connectivity index (χ1v) is 8.80. The number of thiazole rings is 1. The summed E-state index contributed by atoms with van der Waals surface area (Å²) in [4.78, 5) is 28.4. The lowest BCUT2D eigenvalue weighted by Gasteiger charge is -2.06. The van der Waals surface area contributed by atoms with Gasteiger partial charge in [-0.3, -0.25) is 14.9 Å². The largest absolute Gasteiger partial charge is 0.484 e. The maximum Gasteiger partial charge on any atom is 0.264 e. The molecule has 0 bridgehead atoms. The Morgan fingerprint density at radius 2 is 1.81 bits per heavy atom. The molecule has 3 N–H and O–H groups in total. The summed E-state index contributed by atoms with van der Waals surface area (Å²) in [6, 6.07) is 12.2. The van der Waals surface area contributed by atoms with Crippen LogP contribution in [0.3, 0.4) is 0 Å². The molecule has 8 heteroatoms. The monoisotopic (exact) mass is 385 g/mol. The fraction of sp³-hybridized carbons (Fsp3) is 0.105. The number of nitrogens with two attached hydrogens (primary N) is 1. The molecule has 1 heterocycles. The van der Waals surface area contributed by atoms with Crippen molar-refractivity contribution in [3.63, 3.8) is 0 Å². The van der Waals surface area contributed by atoms with Crippen molar-refractivity contribution < 1.29 is 18.7 Å². The van der Waals surface area contributed by atoms with Crippen LogP contribution in [0.4, 0.5) is 9.52 Å². The zero-order valence-electron chi connectivity index (χ0n) is 14.4. The number of aromatic nitrogens is 1. The maximum atomic E-state index is 13.1. The quantitative estimate of drug-likeness (QED) is 0.680. The van der Waals surface area contributed by atoms with Gasteiger partial charge in [-0.25, -0.2) is 9.37 Å². The van der Waals surface area contributed by atoms with Gasteiger partial charge in [-0.15, -0.1) is 11.3 Å². The van der Waals surface area contributed by atoms with Gasteiger partial charge in [0.25, 0.3) is 5.91 Å². The van der Waals surface area contributed by atoms with E-state index >= 15 is 0 Å². The Kier molecular flexibility index (Phi) is 5.46. The smallest absolute Gasteiger partial charge is 0.264 e. The topological polar surface area (TPSA) is 94.3 Å². The number of amides is 2. The minimum atomic E-state index is -0.532. The number of nitrogens with one attached hydrogen (secondary N) is 1. The number of halogens is 1. The standard InChI is InChI=1S/C19H16FN3O3S/c1-11-17(12-2-6-14(20)7-3-12)23-19(27-11)22-16(24)10-26-15-8-4-13(5-9-15)18(21)25/h2-9H,10H2,1H3,(H2,21,25)(H,22,23,24). The number of primary amides is 1. The maximum absolute atomic E-state index is 13.1. The molecule has 0 unspecified atom stereocenters. The summed E-state index contributed by atoms with van der Waals surface area (Å²) in [7, 11) is 0. The van der Waals surface area contributed by atoms with Gasteiger partial charge in [0.1, 0.15) is 11.6 Å². The Morgan fingerprint density at radius 3 is 2.44 bits per heavy atom. The van der Waals surface area contributed by atoms with E-state index in [-0.39, 0.29) is 18.3 Å². The van der Waals surface area contributed by atoms with E-state index in [0.29, 0.717) is 22.1 Å². The van der Waals surface area contributed by atoms with Crippen LogP contribution in [-0.2, 0) is 4.79 Å². The van der Waals surface area contributed by atoms with Crippen molar-refractivity contribution in [1.29, 1.82) is 0 Å². The van der Waals surface area contributed by atoms with Crippen LogP contribution in [0.15, 0.2) is 48.5 Å². The van der Waals surface area contributed by atoms with Crippen LogP contribution in [0, 0.1) is 12.7 Å². The summed E-state index contributed by atoms with van der Waals surface area (Å²) in [6.07, 6.45) is 0. The van der Waals surface area contributed by atoms with Gasteiger partial charge >= 0.3 is 0 Å². The number of anilines is 1. The number of aryl methyl sites for hydroxylation is 1. The normalized spacial score (nSPS) is 10.4. The van der Waals surface area contributed by atoms with Crippen LogP contribution in [0.25, 0.3) is 11.3 Å². The zero-order valence-corrected chi connectivity index (χ0v) is 15.2. The van der Waals surface area contributed by atoms with Crippen molar-refractivity contribution >= 4 is 28.3 Å². The molecule has 0 spiro atoms. The summed E-state index contributed by atoms with van der Waals surface area (Å²) >= 11 is 1.32. The van der Waals surface area contributed by atoms with E-state index < -0.39 is 5.91 Å². The highest BCUT2D eigenvalue weighted by molar-refractivity contribution is 7.16. The van der Waals surface area contributed by atoms with Crippen molar-refractivity contribution in [1.82, 2.24) is 4.98 Å². The van der Waals surface area contributed by atoms with Gasteiger partial charge in [0.15, 0.2) is 11.7 Å². The zero-order chi connectivity index (χ0) is 19.4. The Morgan fingerprint density at radius 1 is 1.15 bits per heavy atom. The van der Waals surface area contributed by atoms with Crippen LogP contribution in [0.1, 0.15) is 15.2 Å². The average Bonchev–Trinajstić information content (AvgIpc) is 3.01. The van der Waals surface area contributed by atoms with E-state index in [1.807, 2.05) is 6.92 Å². The Hall–Kier alpha value is -3.26. The molecule has 1 aromatic heterocycles. The number of nitrogens with zero attached hydrogens (tertiary/aromatic N) is 1. The second-order valence-corrected chi connectivity index (χ2v) is 6.86. The predicted molar refractivity (Wildman–Crippen MR) is 101 cm³/mol. The number of carbonyl (C=O) groups excluding carboxylic acids is 2. The van der Waals surface area contributed by atoms with E-state index in [9.17, 15) is 14.0 Å². The number of carbonyl (C=O) groups is 2. The Balaban J connectivity index is 1.60. The van der Waals surface area contributed by atoms with Crippen LogP contribution in [0.2, 0.25) is 0 Å². The van der Waals surface area contributed by atoms with Gasteiger partial charge in [-0.2, -0.15) is 0 Å². The first-order chi connectivity index (χ1) is 12.9. The van der Waals surface area contributed by atoms with E-state index in [1.165, 1.54) is 35.6 Å². The van der Waals surface area contributed by atoms with E-state index in [1.54, 1.807) is 24.3 Å². The number of rotatable bonds is 6. The van der Waals surface area contributed by atoms with Crippen molar-refractivity contribution in [3.05, 3.63) is 64.8 Å². The molecule has 2 aromatic carbocycles. The molecule has 0 aliphatic heterocycles. The lowest BCUT2D eigenvalue weighted by Crippen LogP contribution is -2.20. The molecule has 0 saturated heterocycles. The molecule has 3 rings (SSSR count). The Labute approximate surface area is 158 Å². The van der Waals surface area contributed by atoms with Crippen molar-refractivity contribution in [3.8, 4) is 17.0 Å². The number of hydrogen-bond donors (Lipinski definition) is 2. The highest BCUT2D eigenvalue weighted by Crippen LogP contribution is 2.30. The average molecular weight is 385 g/mol. The fourth-order valence-corrected chi connectivity index (χ4v) is 3.20. The number of hydrogen-bond acceptors (Lipinski definition) is 5. The third-order valence-electron chi connectivity index (χ3n) is 3.67. The van der Waals surface area contributed by atoms with E-state index in [4.69, 9.17) is 10.5 Å². The van der Waals surface area contributed by atoms with Gasteiger partial charge in [-0.05, 0) is 55.5 Å². The lowest BCUT2D eigenvalue weighted by atomic mass is 10.1. The molecule has 0 aliphatic carbocycles. The summed E-state index contributed by atoms with van der Waals surface area (Å²) in [6.45, 7) is 1.67. The van der Waals surface area contributed by atoms with Crippen molar-refractivity contribution in [2.75, 3.05) is 11.9 Å². The molecule has 2 amide bonds. The molecular formula is C19H16FN3O3S.